The third-order valence-corrected chi connectivity index (χ3v) is 5.99. The van der Waals surface area contributed by atoms with Crippen LogP contribution in [0.2, 0.25) is 0 Å². The number of aromatic nitrogens is 1. The highest BCUT2D eigenvalue weighted by molar-refractivity contribution is 9.13. The molecule has 0 fully saturated rings. The molecule has 2 aromatic rings. The lowest BCUT2D eigenvalue weighted by molar-refractivity contribution is 0.626. The number of hydrogen-bond donors (Lipinski definition) is 1. The highest BCUT2D eigenvalue weighted by Gasteiger charge is 2.18. The minimum absolute atomic E-state index is 0.159. The lowest BCUT2D eigenvalue weighted by Gasteiger charge is -2.16. The third-order valence-electron chi connectivity index (χ3n) is 2.98. The van der Waals surface area contributed by atoms with Gasteiger partial charge in [0.1, 0.15) is 5.01 Å². The summed E-state index contributed by atoms with van der Waals surface area (Å²) in [7, 11) is 0. The Bertz CT molecular complexity index is 561. The van der Waals surface area contributed by atoms with Crippen LogP contribution in [0, 0.1) is 13.8 Å². The van der Waals surface area contributed by atoms with Gasteiger partial charge in [0.15, 0.2) is 0 Å². The molecule has 0 bridgehead atoms. The first kappa shape index (κ1) is 15.2. The predicted molar refractivity (Wildman–Crippen MR) is 88.9 cm³/mol. The van der Waals surface area contributed by atoms with Gasteiger partial charge in [-0.3, -0.25) is 0 Å². The van der Waals surface area contributed by atoms with Crippen LogP contribution in [0.3, 0.4) is 0 Å². The molecule has 1 aromatic heterocycles. The van der Waals surface area contributed by atoms with Crippen molar-refractivity contribution in [2.24, 2.45) is 0 Å². The molecule has 0 aliphatic heterocycles. The zero-order valence-electron chi connectivity index (χ0n) is 11.1. The van der Waals surface area contributed by atoms with Gasteiger partial charge in [-0.15, -0.1) is 11.3 Å². The SMILES string of the molecule is CCNC(c1ccc(Br)c(Br)c1)c1nc(C)c(C)s1. The summed E-state index contributed by atoms with van der Waals surface area (Å²) < 4.78 is 2.14. The number of rotatable bonds is 4. The number of hydrogen-bond acceptors (Lipinski definition) is 3. The molecule has 1 unspecified atom stereocenters. The van der Waals surface area contributed by atoms with E-state index in [1.807, 2.05) is 0 Å². The van der Waals surface area contributed by atoms with Crippen molar-refractivity contribution < 1.29 is 0 Å². The summed E-state index contributed by atoms with van der Waals surface area (Å²) >= 11 is 8.84. The van der Waals surface area contributed by atoms with E-state index in [1.54, 1.807) is 11.3 Å². The van der Waals surface area contributed by atoms with Gasteiger partial charge in [0, 0.05) is 13.8 Å². The number of aryl methyl sites for hydroxylation is 2. The standard InChI is InChI=1S/C14H16Br2N2S/c1-4-17-13(14-18-8(2)9(3)19-14)10-5-6-11(15)12(16)7-10/h5-7,13,17H,4H2,1-3H3. The quantitative estimate of drug-likeness (QED) is 0.778. The van der Waals surface area contributed by atoms with Crippen LogP contribution in [0.15, 0.2) is 27.1 Å². The van der Waals surface area contributed by atoms with Crippen molar-refractivity contribution in [2.45, 2.75) is 26.8 Å². The number of benzene rings is 1. The smallest absolute Gasteiger partial charge is 0.115 e. The summed E-state index contributed by atoms with van der Waals surface area (Å²) in [6.45, 7) is 7.22. The Hall–Kier alpha value is -0.230. The fraction of sp³-hybridized carbons (Fsp3) is 0.357. The molecule has 0 saturated heterocycles. The van der Waals surface area contributed by atoms with Crippen molar-refractivity contribution in [3.8, 4) is 0 Å². The Kier molecular flexibility index (Phi) is 5.17. The van der Waals surface area contributed by atoms with Gasteiger partial charge in [-0.1, -0.05) is 13.0 Å². The Morgan fingerprint density at radius 1 is 1.26 bits per heavy atom. The first-order valence-electron chi connectivity index (χ1n) is 6.15. The molecule has 1 N–H and O–H groups in total. The second-order valence-electron chi connectivity index (χ2n) is 4.36. The van der Waals surface area contributed by atoms with Crippen molar-refractivity contribution in [1.82, 2.24) is 10.3 Å². The molecule has 0 aliphatic rings. The number of halogens is 2. The molecule has 1 heterocycles. The molecular weight excluding hydrogens is 388 g/mol. The van der Waals surface area contributed by atoms with E-state index < -0.39 is 0 Å². The highest BCUT2D eigenvalue weighted by Crippen LogP contribution is 2.31. The van der Waals surface area contributed by atoms with E-state index in [0.717, 1.165) is 26.2 Å². The molecule has 0 amide bonds. The van der Waals surface area contributed by atoms with Crippen LogP contribution in [0.25, 0.3) is 0 Å². The van der Waals surface area contributed by atoms with Crippen molar-refractivity contribution in [2.75, 3.05) is 6.54 Å². The van der Waals surface area contributed by atoms with Crippen LogP contribution in [-0.2, 0) is 0 Å². The first-order chi connectivity index (χ1) is 9.02. The van der Waals surface area contributed by atoms with Crippen LogP contribution in [-0.4, -0.2) is 11.5 Å². The Balaban J connectivity index is 2.41. The fourth-order valence-electron chi connectivity index (χ4n) is 1.86. The molecule has 5 heteroatoms. The lowest BCUT2D eigenvalue weighted by atomic mass is 10.1. The van der Waals surface area contributed by atoms with E-state index in [-0.39, 0.29) is 6.04 Å². The van der Waals surface area contributed by atoms with Crippen LogP contribution in [0.5, 0.6) is 0 Å². The van der Waals surface area contributed by atoms with Gasteiger partial charge >= 0.3 is 0 Å². The average molecular weight is 404 g/mol. The van der Waals surface area contributed by atoms with Gasteiger partial charge in [-0.05, 0) is 69.9 Å². The monoisotopic (exact) mass is 402 g/mol. The van der Waals surface area contributed by atoms with Crippen LogP contribution in [0.1, 0.15) is 34.1 Å². The van der Waals surface area contributed by atoms with Crippen LogP contribution < -0.4 is 5.32 Å². The van der Waals surface area contributed by atoms with E-state index in [1.165, 1.54) is 10.4 Å². The normalized spacial score (nSPS) is 12.7. The van der Waals surface area contributed by atoms with Gasteiger partial charge in [0.2, 0.25) is 0 Å². The molecule has 0 aliphatic carbocycles. The van der Waals surface area contributed by atoms with E-state index in [2.05, 4.69) is 81.1 Å². The lowest BCUT2D eigenvalue weighted by Crippen LogP contribution is -2.21. The topological polar surface area (TPSA) is 24.9 Å². The number of thiazole rings is 1. The summed E-state index contributed by atoms with van der Waals surface area (Å²) in [4.78, 5) is 5.97. The zero-order valence-corrected chi connectivity index (χ0v) is 15.1. The highest BCUT2D eigenvalue weighted by atomic mass is 79.9. The summed E-state index contributed by atoms with van der Waals surface area (Å²) in [6.07, 6.45) is 0. The molecule has 0 saturated carbocycles. The molecule has 2 rings (SSSR count). The van der Waals surface area contributed by atoms with E-state index in [9.17, 15) is 0 Å². The predicted octanol–water partition coefficient (Wildman–Crippen LogP) is 4.98. The maximum absolute atomic E-state index is 4.69. The van der Waals surface area contributed by atoms with Crippen molar-refractivity contribution in [3.63, 3.8) is 0 Å². The van der Waals surface area contributed by atoms with Gasteiger partial charge in [0.05, 0.1) is 11.7 Å². The summed E-state index contributed by atoms with van der Waals surface area (Å²) in [5.41, 5.74) is 2.35. The second kappa shape index (κ2) is 6.48. The molecular formula is C14H16Br2N2S. The average Bonchev–Trinajstić information content (AvgIpc) is 2.70. The Labute approximate surface area is 134 Å². The molecule has 1 aromatic carbocycles. The molecule has 0 radical (unpaired) electrons. The Morgan fingerprint density at radius 3 is 2.53 bits per heavy atom. The van der Waals surface area contributed by atoms with Crippen LogP contribution in [0.4, 0.5) is 0 Å². The van der Waals surface area contributed by atoms with E-state index >= 15 is 0 Å². The minimum Gasteiger partial charge on any atom is -0.305 e. The number of nitrogens with one attached hydrogen (secondary N) is 1. The largest absolute Gasteiger partial charge is 0.305 e. The molecule has 2 nitrogen and oxygen atoms in total. The second-order valence-corrected chi connectivity index (χ2v) is 7.30. The van der Waals surface area contributed by atoms with Crippen LogP contribution >= 0.6 is 43.2 Å². The molecule has 19 heavy (non-hydrogen) atoms. The summed E-state index contributed by atoms with van der Waals surface area (Å²) in [5, 5.41) is 4.64. The summed E-state index contributed by atoms with van der Waals surface area (Å²) in [6, 6.07) is 6.50. The maximum atomic E-state index is 4.69. The molecule has 1 atom stereocenters. The first-order valence-corrected chi connectivity index (χ1v) is 8.55. The van der Waals surface area contributed by atoms with Gasteiger partial charge < -0.3 is 5.32 Å². The van der Waals surface area contributed by atoms with Gasteiger partial charge in [0.25, 0.3) is 0 Å². The van der Waals surface area contributed by atoms with Crippen molar-refractivity contribution >= 4 is 43.2 Å². The Morgan fingerprint density at radius 2 is 2.00 bits per heavy atom. The maximum Gasteiger partial charge on any atom is 0.115 e. The van der Waals surface area contributed by atoms with E-state index in [4.69, 9.17) is 0 Å². The fourth-order valence-corrected chi connectivity index (χ4v) is 3.53. The van der Waals surface area contributed by atoms with Crippen molar-refractivity contribution in [3.05, 3.63) is 48.3 Å². The molecule has 0 spiro atoms. The van der Waals surface area contributed by atoms with Gasteiger partial charge in [-0.2, -0.15) is 0 Å². The zero-order chi connectivity index (χ0) is 14.0. The molecule has 102 valence electrons. The van der Waals surface area contributed by atoms with Crippen molar-refractivity contribution in [1.29, 1.82) is 0 Å². The minimum atomic E-state index is 0.159. The third kappa shape index (κ3) is 3.45. The summed E-state index contributed by atoms with van der Waals surface area (Å²) in [5.74, 6) is 0. The van der Waals surface area contributed by atoms with Gasteiger partial charge in [-0.25, -0.2) is 4.98 Å². The van der Waals surface area contributed by atoms with E-state index in [0.29, 0.717) is 0 Å². The number of nitrogens with zero attached hydrogens (tertiary/aromatic N) is 1.